The first-order valence-corrected chi connectivity index (χ1v) is 9.34. The second kappa shape index (κ2) is 8.32. The maximum Gasteiger partial charge on any atom is 0.319 e. The minimum absolute atomic E-state index is 0.0446. The number of aliphatic hydroxyl groups is 1. The van der Waals surface area contributed by atoms with Gasteiger partial charge in [-0.25, -0.2) is 4.79 Å². The van der Waals surface area contributed by atoms with Gasteiger partial charge in [-0.1, -0.05) is 36.4 Å². The summed E-state index contributed by atoms with van der Waals surface area (Å²) in [6, 6.07) is 16.4. The van der Waals surface area contributed by atoms with E-state index < -0.39 is 12.1 Å². The number of urea groups is 1. The normalized spacial score (nSPS) is 21.0. The Kier molecular flexibility index (Phi) is 5.86. The highest BCUT2D eigenvalue weighted by Gasteiger charge is 2.52. The topological polar surface area (TPSA) is 85.6 Å². The lowest BCUT2D eigenvalue weighted by Crippen LogP contribution is -2.67. The van der Waals surface area contributed by atoms with Gasteiger partial charge in [-0.3, -0.25) is 0 Å². The first kappa shape index (κ1) is 19.7. The lowest BCUT2D eigenvalue weighted by Gasteiger charge is -2.52. The Morgan fingerprint density at radius 3 is 2.50 bits per heavy atom. The number of aliphatic hydroxyl groups excluding tert-OH is 1. The summed E-state index contributed by atoms with van der Waals surface area (Å²) in [5.74, 6) is 0.510. The molecule has 0 bridgehead atoms. The van der Waals surface area contributed by atoms with E-state index in [1.165, 1.54) is 4.90 Å². The molecule has 1 saturated heterocycles. The molecule has 2 aromatic carbocycles. The van der Waals surface area contributed by atoms with Gasteiger partial charge in [0, 0.05) is 12.0 Å². The van der Waals surface area contributed by atoms with Crippen LogP contribution in [0.1, 0.15) is 25.3 Å². The summed E-state index contributed by atoms with van der Waals surface area (Å²) in [7, 11) is 1.62. The number of carbonyl (C=O) groups is 1. The molecule has 3 atom stereocenters. The number of amides is 2. The van der Waals surface area contributed by atoms with Crippen molar-refractivity contribution in [3.05, 3.63) is 54.1 Å². The fourth-order valence-electron chi connectivity index (χ4n) is 3.80. The minimum Gasteiger partial charge on any atom is -0.497 e. The number of nitrogens with zero attached hydrogens (tertiary/aromatic N) is 2. The number of likely N-dealkylation sites (tertiary alicyclic amines) is 1. The summed E-state index contributed by atoms with van der Waals surface area (Å²) in [4.78, 5) is 14.0. The number of hydrogen-bond acceptors (Lipinski definition) is 4. The zero-order valence-electron chi connectivity index (χ0n) is 16.3. The van der Waals surface area contributed by atoms with Crippen LogP contribution in [0.3, 0.4) is 0 Å². The largest absolute Gasteiger partial charge is 0.497 e. The zero-order valence-corrected chi connectivity index (χ0v) is 16.3. The molecule has 1 aliphatic heterocycles. The van der Waals surface area contributed by atoms with E-state index in [1.807, 2.05) is 62.4 Å². The van der Waals surface area contributed by atoms with Crippen molar-refractivity contribution in [1.29, 1.82) is 5.26 Å². The standard InChI is InChI=1S/C22H25N3O3/c1-14(2)24-22(27)25-19(12-23)21(20(25)13-26)18-7-5-4-6-17(18)15-8-10-16(28-3)11-9-15/h4-11,14,19-21,26H,13H2,1-3H3,(H,24,27)/t19-,20+,21+/m0/s1. The van der Waals surface area contributed by atoms with Crippen molar-refractivity contribution in [1.82, 2.24) is 10.2 Å². The van der Waals surface area contributed by atoms with Gasteiger partial charge < -0.3 is 20.1 Å². The highest BCUT2D eigenvalue weighted by molar-refractivity contribution is 5.78. The van der Waals surface area contributed by atoms with E-state index in [9.17, 15) is 15.2 Å². The van der Waals surface area contributed by atoms with Crippen LogP contribution in [0.5, 0.6) is 5.75 Å². The number of hydrogen-bond donors (Lipinski definition) is 2. The van der Waals surface area contributed by atoms with Crippen molar-refractivity contribution < 1.29 is 14.6 Å². The van der Waals surface area contributed by atoms with Crippen LogP contribution in [-0.4, -0.2) is 47.9 Å². The Balaban J connectivity index is 1.97. The summed E-state index contributed by atoms with van der Waals surface area (Å²) < 4.78 is 5.23. The molecule has 1 heterocycles. The summed E-state index contributed by atoms with van der Waals surface area (Å²) in [6.45, 7) is 3.53. The summed E-state index contributed by atoms with van der Waals surface area (Å²) in [5, 5.41) is 22.5. The average molecular weight is 379 g/mol. The van der Waals surface area contributed by atoms with Crippen LogP contribution < -0.4 is 10.1 Å². The van der Waals surface area contributed by atoms with Crippen molar-refractivity contribution in [3.63, 3.8) is 0 Å². The van der Waals surface area contributed by atoms with E-state index in [-0.39, 0.29) is 24.6 Å². The monoisotopic (exact) mass is 379 g/mol. The maximum absolute atomic E-state index is 12.5. The van der Waals surface area contributed by atoms with E-state index in [0.717, 1.165) is 22.4 Å². The molecule has 2 aromatic rings. The Hall–Kier alpha value is -3.04. The van der Waals surface area contributed by atoms with Crippen molar-refractivity contribution in [2.75, 3.05) is 13.7 Å². The molecule has 0 radical (unpaired) electrons. The third-order valence-corrected chi connectivity index (χ3v) is 5.10. The van der Waals surface area contributed by atoms with Gasteiger partial charge >= 0.3 is 6.03 Å². The summed E-state index contributed by atoms with van der Waals surface area (Å²) >= 11 is 0. The van der Waals surface area contributed by atoms with Crippen molar-refractivity contribution in [2.24, 2.45) is 0 Å². The fraction of sp³-hybridized carbons (Fsp3) is 0.364. The molecule has 0 aromatic heterocycles. The zero-order chi connectivity index (χ0) is 20.3. The van der Waals surface area contributed by atoms with Gasteiger partial charge in [0.25, 0.3) is 0 Å². The highest BCUT2D eigenvalue weighted by Crippen LogP contribution is 2.44. The van der Waals surface area contributed by atoms with Crippen molar-refractivity contribution in [3.8, 4) is 22.9 Å². The third-order valence-electron chi connectivity index (χ3n) is 5.10. The van der Waals surface area contributed by atoms with Gasteiger partial charge in [-0.2, -0.15) is 5.26 Å². The number of methoxy groups -OCH3 is 1. The molecule has 2 amide bonds. The van der Waals surface area contributed by atoms with E-state index in [2.05, 4.69) is 11.4 Å². The Bertz CT molecular complexity index is 873. The van der Waals surface area contributed by atoms with Crippen LogP contribution in [0.4, 0.5) is 4.79 Å². The van der Waals surface area contributed by atoms with Crippen LogP contribution in [0, 0.1) is 11.3 Å². The predicted octanol–water partition coefficient (Wildman–Crippen LogP) is 3.13. The quantitative estimate of drug-likeness (QED) is 0.836. The predicted molar refractivity (Wildman–Crippen MR) is 107 cm³/mol. The second-order valence-electron chi connectivity index (χ2n) is 7.18. The van der Waals surface area contributed by atoms with E-state index >= 15 is 0 Å². The van der Waals surface area contributed by atoms with Crippen molar-refractivity contribution in [2.45, 2.75) is 37.9 Å². The van der Waals surface area contributed by atoms with Crippen molar-refractivity contribution >= 4 is 6.03 Å². The van der Waals surface area contributed by atoms with Crippen LogP contribution in [0.25, 0.3) is 11.1 Å². The number of benzene rings is 2. The van der Waals surface area contributed by atoms with Gasteiger partial charge in [-0.15, -0.1) is 0 Å². The maximum atomic E-state index is 12.5. The molecule has 146 valence electrons. The lowest BCUT2D eigenvalue weighted by atomic mass is 9.73. The molecule has 6 heteroatoms. The molecule has 3 rings (SSSR count). The molecule has 28 heavy (non-hydrogen) atoms. The minimum atomic E-state index is -0.629. The van der Waals surface area contributed by atoms with Gasteiger partial charge in [0.2, 0.25) is 0 Å². The van der Waals surface area contributed by atoms with Crippen LogP contribution in [-0.2, 0) is 0 Å². The number of nitrogens with one attached hydrogen (secondary N) is 1. The molecule has 1 fully saturated rings. The van der Waals surface area contributed by atoms with Gasteiger partial charge in [-0.05, 0) is 42.7 Å². The molecule has 1 aliphatic rings. The summed E-state index contributed by atoms with van der Waals surface area (Å²) in [6.07, 6.45) is 0. The molecule has 0 aliphatic carbocycles. The SMILES string of the molecule is COc1ccc(-c2ccccc2[C@H]2[C@@H](CO)N(C(=O)NC(C)C)[C@H]2C#N)cc1. The number of nitriles is 1. The number of ether oxygens (including phenoxy) is 1. The van der Waals surface area contributed by atoms with E-state index in [4.69, 9.17) is 4.74 Å². The Labute approximate surface area is 165 Å². The number of carbonyl (C=O) groups excluding carboxylic acids is 1. The highest BCUT2D eigenvalue weighted by atomic mass is 16.5. The average Bonchev–Trinajstić information content (AvgIpc) is 2.68. The molecular weight excluding hydrogens is 354 g/mol. The molecular formula is C22H25N3O3. The third kappa shape index (κ3) is 3.54. The molecule has 0 spiro atoms. The second-order valence-corrected chi connectivity index (χ2v) is 7.18. The molecule has 2 N–H and O–H groups in total. The van der Waals surface area contributed by atoms with Crippen LogP contribution >= 0.6 is 0 Å². The van der Waals surface area contributed by atoms with Crippen LogP contribution in [0.15, 0.2) is 48.5 Å². The van der Waals surface area contributed by atoms with Gasteiger partial charge in [0.15, 0.2) is 0 Å². The van der Waals surface area contributed by atoms with E-state index in [0.29, 0.717) is 0 Å². The van der Waals surface area contributed by atoms with E-state index in [1.54, 1.807) is 7.11 Å². The lowest BCUT2D eigenvalue weighted by molar-refractivity contribution is 0.0164. The Morgan fingerprint density at radius 1 is 1.25 bits per heavy atom. The molecule has 6 nitrogen and oxygen atoms in total. The first-order chi connectivity index (χ1) is 13.5. The van der Waals surface area contributed by atoms with Gasteiger partial charge in [0.05, 0.1) is 25.8 Å². The van der Waals surface area contributed by atoms with Crippen LogP contribution in [0.2, 0.25) is 0 Å². The van der Waals surface area contributed by atoms with Gasteiger partial charge in [0.1, 0.15) is 11.8 Å². The Morgan fingerprint density at radius 2 is 1.93 bits per heavy atom. The first-order valence-electron chi connectivity index (χ1n) is 9.34. The number of rotatable bonds is 5. The summed E-state index contributed by atoms with van der Waals surface area (Å²) in [5.41, 5.74) is 2.93. The molecule has 0 saturated carbocycles. The smallest absolute Gasteiger partial charge is 0.319 e. The fourth-order valence-corrected chi connectivity index (χ4v) is 3.80. The molecule has 0 unspecified atom stereocenters.